The Labute approximate surface area is 108 Å². The predicted molar refractivity (Wildman–Crippen MR) is 73.1 cm³/mol. The summed E-state index contributed by atoms with van der Waals surface area (Å²) in [6.07, 6.45) is 4.20. The van der Waals surface area contributed by atoms with Gasteiger partial charge in [-0.1, -0.05) is 26.7 Å². The molecule has 0 aromatic carbocycles. The van der Waals surface area contributed by atoms with Crippen molar-refractivity contribution in [3.05, 3.63) is 17.5 Å². The van der Waals surface area contributed by atoms with E-state index in [-0.39, 0.29) is 0 Å². The van der Waals surface area contributed by atoms with E-state index in [1.54, 1.807) is 0 Å². The van der Waals surface area contributed by atoms with Crippen LogP contribution in [0.4, 0.5) is 5.95 Å². The number of nitrogens with zero attached hydrogens (tertiary/aromatic N) is 5. The van der Waals surface area contributed by atoms with E-state index in [2.05, 4.69) is 35.0 Å². The van der Waals surface area contributed by atoms with Gasteiger partial charge in [0.05, 0.1) is 0 Å². The van der Waals surface area contributed by atoms with Gasteiger partial charge in [-0.2, -0.15) is 9.50 Å². The maximum atomic E-state index is 4.57. The molecule has 0 bridgehead atoms. The fraction of sp³-hybridized carbons (Fsp3) is 0.615. The molecule has 98 valence electrons. The van der Waals surface area contributed by atoms with Gasteiger partial charge in [0.25, 0.3) is 5.78 Å². The molecule has 0 unspecified atom stereocenters. The molecule has 2 aromatic heterocycles. The van der Waals surface area contributed by atoms with E-state index in [9.17, 15) is 0 Å². The van der Waals surface area contributed by atoms with E-state index < -0.39 is 0 Å². The Morgan fingerprint density at radius 3 is 2.44 bits per heavy atom. The lowest BCUT2D eigenvalue weighted by Gasteiger charge is -2.05. The van der Waals surface area contributed by atoms with Crippen LogP contribution >= 0.6 is 0 Å². The molecular weight excluding hydrogens is 226 g/mol. The first-order valence-electron chi connectivity index (χ1n) is 6.58. The summed E-state index contributed by atoms with van der Waals surface area (Å²) >= 11 is 0. The summed E-state index contributed by atoms with van der Waals surface area (Å²) in [5, 5.41) is 4.50. The van der Waals surface area contributed by atoms with Gasteiger partial charge in [-0.25, -0.2) is 4.98 Å². The zero-order chi connectivity index (χ0) is 13.1. The second-order valence-corrected chi connectivity index (χ2v) is 4.76. The fourth-order valence-corrected chi connectivity index (χ4v) is 1.98. The number of hydrogen-bond donors (Lipinski definition) is 0. The second-order valence-electron chi connectivity index (χ2n) is 4.76. The van der Waals surface area contributed by atoms with E-state index >= 15 is 0 Å². The van der Waals surface area contributed by atoms with Crippen molar-refractivity contribution in [2.24, 2.45) is 0 Å². The Morgan fingerprint density at radius 1 is 1.11 bits per heavy atom. The van der Waals surface area contributed by atoms with Crippen molar-refractivity contribution in [1.82, 2.24) is 19.6 Å². The molecule has 0 radical (unpaired) electrons. The smallest absolute Gasteiger partial charge is 0.254 e. The molecule has 5 heteroatoms. The topological polar surface area (TPSA) is 46.3 Å². The summed E-state index contributed by atoms with van der Waals surface area (Å²) in [4.78, 5) is 10.9. The minimum Gasteiger partial charge on any atom is -0.346 e. The molecule has 0 aliphatic carbocycles. The van der Waals surface area contributed by atoms with Gasteiger partial charge in [0, 0.05) is 25.5 Å². The van der Waals surface area contributed by atoms with E-state index in [4.69, 9.17) is 0 Å². The van der Waals surface area contributed by atoms with Crippen LogP contribution in [0.25, 0.3) is 5.78 Å². The third kappa shape index (κ3) is 2.44. The lowest BCUT2D eigenvalue weighted by molar-refractivity contribution is 0.774. The standard InChI is InChI=1S/C13H21N5/c1-5-7-10-9-11(8-6-2)18-12(14-10)15-13(16-18)17(3)4/h9H,5-8H2,1-4H3. The maximum Gasteiger partial charge on any atom is 0.254 e. The summed E-state index contributed by atoms with van der Waals surface area (Å²) in [7, 11) is 3.89. The Kier molecular flexibility index (Phi) is 3.79. The SMILES string of the molecule is CCCc1cc(CCC)n2nc(N(C)C)nc2n1. The van der Waals surface area contributed by atoms with Crippen molar-refractivity contribution in [2.45, 2.75) is 39.5 Å². The Morgan fingerprint density at radius 2 is 1.83 bits per heavy atom. The Hall–Kier alpha value is -1.65. The molecule has 0 atom stereocenters. The molecule has 0 N–H and O–H groups in total. The van der Waals surface area contributed by atoms with Gasteiger partial charge in [0.15, 0.2) is 0 Å². The summed E-state index contributed by atoms with van der Waals surface area (Å²) < 4.78 is 1.87. The number of aryl methyl sites for hydroxylation is 2. The van der Waals surface area contributed by atoms with Crippen molar-refractivity contribution < 1.29 is 0 Å². The molecule has 0 fully saturated rings. The molecule has 2 aromatic rings. The van der Waals surface area contributed by atoms with Gasteiger partial charge in [-0.05, 0) is 18.9 Å². The van der Waals surface area contributed by atoms with Gasteiger partial charge in [0.2, 0.25) is 5.95 Å². The molecule has 0 saturated carbocycles. The van der Waals surface area contributed by atoms with Crippen molar-refractivity contribution in [1.29, 1.82) is 0 Å². The highest BCUT2D eigenvalue weighted by Crippen LogP contribution is 2.13. The Bertz CT molecular complexity index is 529. The van der Waals surface area contributed by atoms with Gasteiger partial charge in [-0.3, -0.25) is 0 Å². The van der Waals surface area contributed by atoms with Crippen molar-refractivity contribution in [2.75, 3.05) is 19.0 Å². The van der Waals surface area contributed by atoms with E-state index in [1.807, 2.05) is 23.5 Å². The van der Waals surface area contributed by atoms with Crippen LogP contribution < -0.4 is 4.90 Å². The van der Waals surface area contributed by atoms with Crippen molar-refractivity contribution in [3.63, 3.8) is 0 Å². The predicted octanol–water partition coefficient (Wildman–Crippen LogP) is 2.10. The van der Waals surface area contributed by atoms with Crippen LogP contribution in [0.2, 0.25) is 0 Å². The highest BCUT2D eigenvalue weighted by atomic mass is 15.4. The van der Waals surface area contributed by atoms with Gasteiger partial charge >= 0.3 is 0 Å². The van der Waals surface area contributed by atoms with Crippen LogP contribution in [0.1, 0.15) is 38.1 Å². The van der Waals surface area contributed by atoms with Crippen LogP contribution in [0.3, 0.4) is 0 Å². The van der Waals surface area contributed by atoms with Crippen LogP contribution in [-0.4, -0.2) is 33.7 Å². The molecule has 0 spiro atoms. The molecule has 18 heavy (non-hydrogen) atoms. The number of hydrogen-bond acceptors (Lipinski definition) is 4. The van der Waals surface area contributed by atoms with Crippen LogP contribution in [-0.2, 0) is 12.8 Å². The zero-order valence-electron chi connectivity index (χ0n) is 11.6. The molecule has 5 nitrogen and oxygen atoms in total. The summed E-state index contributed by atoms with van der Waals surface area (Å²) in [5.41, 5.74) is 2.32. The van der Waals surface area contributed by atoms with Crippen LogP contribution in [0.15, 0.2) is 6.07 Å². The lowest BCUT2D eigenvalue weighted by atomic mass is 10.2. The number of rotatable bonds is 5. The van der Waals surface area contributed by atoms with E-state index in [1.165, 1.54) is 5.69 Å². The quantitative estimate of drug-likeness (QED) is 0.811. The number of fused-ring (bicyclic) bond motifs is 1. The van der Waals surface area contributed by atoms with Gasteiger partial charge in [0.1, 0.15) is 0 Å². The third-order valence-corrected chi connectivity index (χ3v) is 2.84. The van der Waals surface area contributed by atoms with Crippen LogP contribution in [0, 0.1) is 0 Å². The second kappa shape index (κ2) is 5.33. The monoisotopic (exact) mass is 247 g/mol. The molecule has 0 aliphatic rings. The summed E-state index contributed by atoms with van der Waals surface area (Å²) in [6, 6.07) is 2.16. The highest BCUT2D eigenvalue weighted by Gasteiger charge is 2.11. The minimum atomic E-state index is 0.716. The summed E-state index contributed by atoms with van der Waals surface area (Å²) in [5.74, 6) is 1.43. The maximum absolute atomic E-state index is 4.57. The molecular formula is C13H21N5. The average molecular weight is 247 g/mol. The first-order valence-corrected chi connectivity index (χ1v) is 6.58. The first-order chi connectivity index (χ1) is 8.65. The highest BCUT2D eigenvalue weighted by molar-refractivity contribution is 5.40. The first kappa shape index (κ1) is 12.8. The van der Waals surface area contributed by atoms with Crippen LogP contribution in [0.5, 0.6) is 0 Å². The molecule has 2 heterocycles. The van der Waals surface area contributed by atoms with E-state index in [0.29, 0.717) is 11.7 Å². The largest absolute Gasteiger partial charge is 0.346 e. The molecule has 0 aliphatic heterocycles. The molecule has 0 saturated heterocycles. The molecule has 0 amide bonds. The fourth-order valence-electron chi connectivity index (χ4n) is 1.98. The average Bonchev–Trinajstić information content (AvgIpc) is 2.74. The number of anilines is 1. The lowest BCUT2D eigenvalue weighted by Crippen LogP contribution is -2.10. The van der Waals surface area contributed by atoms with Gasteiger partial charge in [-0.15, -0.1) is 5.10 Å². The Balaban J connectivity index is 2.53. The van der Waals surface area contributed by atoms with Crippen molar-refractivity contribution >= 4 is 11.7 Å². The summed E-state index contributed by atoms with van der Waals surface area (Å²) in [6.45, 7) is 4.34. The van der Waals surface area contributed by atoms with Crippen molar-refractivity contribution in [3.8, 4) is 0 Å². The van der Waals surface area contributed by atoms with Gasteiger partial charge < -0.3 is 4.90 Å². The normalized spacial score (nSPS) is 11.1. The minimum absolute atomic E-state index is 0.716. The van der Waals surface area contributed by atoms with E-state index in [0.717, 1.165) is 31.4 Å². The number of aromatic nitrogens is 4. The third-order valence-electron chi connectivity index (χ3n) is 2.84. The zero-order valence-corrected chi connectivity index (χ0v) is 11.6. The molecule has 2 rings (SSSR count).